The first kappa shape index (κ1) is 15.0. The van der Waals surface area contributed by atoms with Crippen LogP contribution < -0.4 is 4.90 Å². The molecule has 0 amide bonds. The lowest BCUT2D eigenvalue weighted by Crippen LogP contribution is -2.24. The summed E-state index contributed by atoms with van der Waals surface area (Å²) in [5.74, 6) is 0.620. The van der Waals surface area contributed by atoms with Gasteiger partial charge in [-0.2, -0.15) is 5.26 Å². The van der Waals surface area contributed by atoms with Gasteiger partial charge in [-0.1, -0.05) is 17.7 Å². The summed E-state index contributed by atoms with van der Waals surface area (Å²) in [6, 6.07) is 10.2. The van der Waals surface area contributed by atoms with Gasteiger partial charge in [0.15, 0.2) is 0 Å². The molecule has 0 atom stereocenters. The standard InChI is InChI=1S/C17H20N4/c1-5-21(6-2)17-19-14(11-18)10-16(20-17)15-9-12(3)7-8-13(15)4/h7-10H,5-6H2,1-4H3. The van der Waals surface area contributed by atoms with E-state index in [1.165, 1.54) is 5.56 Å². The summed E-state index contributed by atoms with van der Waals surface area (Å²) in [4.78, 5) is 11.0. The zero-order valence-electron chi connectivity index (χ0n) is 13.0. The predicted octanol–water partition coefficient (Wildman–Crippen LogP) is 3.48. The van der Waals surface area contributed by atoms with Crippen molar-refractivity contribution in [1.29, 1.82) is 5.26 Å². The minimum Gasteiger partial charge on any atom is -0.341 e. The van der Waals surface area contributed by atoms with Gasteiger partial charge in [0.25, 0.3) is 0 Å². The second-order valence-corrected chi connectivity index (χ2v) is 5.04. The Morgan fingerprint density at radius 2 is 1.81 bits per heavy atom. The smallest absolute Gasteiger partial charge is 0.227 e. The van der Waals surface area contributed by atoms with E-state index in [9.17, 15) is 5.26 Å². The van der Waals surface area contributed by atoms with E-state index >= 15 is 0 Å². The first-order valence-electron chi connectivity index (χ1n) is 7.20. The van der Waals surface area contributed by atoms with E-state index in [1.807, 2.05) is 0 Å². The van der Waals surface area contributed by atoms with Crippen molar-refractivity contribution in [1.82, 2.24) is 9.97 Å². The molecule has 1 heterocycles. The van der Waals surface area contributed by atoms with Gasteiger partial charge in [0.05, 0.1) is 5.69 Å². The van der Waals surface area contributed by atoms with Crippen LogP contribution in [0.4, 0.5) is 5.95 Å². The van der Waals surface area contributed by atoms with Crippen LogP contribution in [0.5, 0.6) is 0 Å². The molecule has 108 valence electrons. The molecule has 0 bridgehead atoms. The number of hydrogen-bond acceptors (Lipinski definition) is 4. The minimum absolute atomic E-state index is 0.405. The second-order valence-electron chi connectivity index (χ2n) is 5.04. The molecule has 1 aromatic heterocycles. The molecule has 0 aliphatic rings. The summed E-state index contributed by atoms with van der Waals surface area (Å²) < 4.78 is 0. The molecule has 0 spiro atoms. The van der Waals surface area contributed by atoms with Crippen molar-refractivity contribution in [3.8, 4) is 17.3 Å². The Kier molecular flexibility index (Phi) is 4.54. The summed E-state index contributed by atoms with van der Waals surface area (Å²) in [5, 5.41) is 9.23. The molecule has 4 nitrogen and oxygen atoms in total. The summed E-state index contributed by atoms with van der Waals surface area (Å²) in [5.41, 5.74) is 4.60. The predicted molar refractivity (Wildman–Crippen MR) is 85.2 cm³/mol. The zero-order valence-corrected chi connectivity index (χ0v) is 13.0. The third-order valence-corrected chi connectivity index (χ3v) is 3.54. The fourth-order valence-electron chi connectivity index (χ4n) is 2.29. The van der Waals surface area contributed by atoms with Crippen LogP contribution in [0.3, 0.4) is 0 Å². The molecule has 0 saturated carbocycles. The van der Waals surface area contributed by atoms with Gasteiger partial charge >= 0.3 is 0 Å². The fourth-order valence-corrected chi connectivity index (χ4v) is 2.29. The largest absolute Gasteiger partial charge is 0.341 e. The molecular formula is C17H20N4. The number of rotatable bonds is 4. The Labute approximate surface area is 126 Å². The Hall–Kier alpha value is -2.41. The molecule has 21 heavy (non-hydrogen) atoms. The number of hydrogen-bond donors (Lipinski definition) is 0. The highest BCUT2D eigenvalue weighted by Gasteiger charge is 2.12. The maximum Gasteiger partial charge on any atom is 0.227 e. The van der Waals surface area contributed by atoms with Crippen LogP contribution in [0.2, 0.25) is 0 Å². The van der Waals surface area contributed by atoms with E-state index in [-0.39, 0.29) is 0 Å². The van der Waals surface area contributed by atoms with Crippen LogP contribution in [-0.4, -0.2) is 23.1 Å². The Bertz CT molecular complexity index is 682. The van der Waals surface area contributed by atoms with Crippen LogP contribution >= 0.6 is 0 Å². The van der Waals surface area contributed by atoms with Crippen molar-refractivity contribution < 1.29 is 0 Å². The van der Waals surface area contributed by atoms with Crippen molar-refractivity contribution in [3.63, 3.8) is 0 Å². The molecular weight excluding hydrogens is 260 g/mol. The van der Waals surface area contributed by atoms with Crippen molar-refractivity contribution in [2.75, 3.05) is 18.0 Å². The molecule has 0 unspecified atom stereocenters. The van der Waals surface area contributed by atoms with Gasteiger partial charge < -0.3 is 4.90 Å². The van der Waals surface area contributed by atoms with Gasteiger partial charge in [-0.15, -0.1) is 0 Å². The maximum atomic E-state index is 9.23. The molecule has 0 aliphatic heterocycles. The minimum atomic E-state index is 0.405. The molecule has 2 aromatic rings. The Morgan fingerprint density at radius 3 is 2.43 bits per heavy atom. The molecule has 0 saturated heterocycles. The van der Waals surface area contributed by atoms with Crippen LogP contribution in [0.1, 0.15) is 30.7 Å². The van der Waals surface area contributed by atoms with E-state index in [4.69, 9.17) is 0 Å². The summed E-state index contributed by atoms with van der Waals surface area (Å²) in [6.45, 7) is 9.86. The van der Waals surface area contributed by atoms with Crippen molar-refractivity contribution in [2.45, 2.75) is 27.7 Å². The maximum absolute atomic E-state index is 9.23. The summed E-state index contributed by atoms with van der Waals surface area (Å²) in [6.07, 6.45) is 0. The zero-order chi connectivity index (χ0) is 15.4. The molecule has 4 heteroatoms. The van der Waals surface area contributed by atoms with Crippen LogP contribution in [0.15, 0.2) is 24.3 Å². The third kappa shape index (κ3) is 3.19. The highest BCUT2D eigenvalue weighted by molar-refractivity contribution is 5.66. The van der Waals surface area contributed by atoms with Crippen LogP contribution in [-0.2, 0) is 0 Å². The molecule has 0 N–H and O–H groups in total. The van der Waals surface area contributed by atoms with Gasteiger partial charge in [0.2, 0.25) is 5.95 Å². The second kappa shape index (κ2) is 6.36. The average molecular weight is 280 g/mol. The number of aromatic nitrogens is 2. The fraction of sp³-hybridized carbons (Fsp3) is 0.353. The van der Waals surface area contributed by atoms with Gasteiger partial charge in [-0.3, -0.25) is 0 Å². The molecule has 2 rings (SSSR count). The molecule has 1 aromatic carbocycles. The lowest BCUT2D eigenvalue weighted by Gasteiger charge is -2.19. The first-order chi connectivity index (χ1) is 10.1. The lowest BCUT2D eigenvalue weighted by molar-refractivity contribution is 0.820. The van der Waals surface area contributed by atoms with Crippen molar-refractivity contribution in [2.24, 2.45) is 0 Å². The quantitative estimate of drug-likeness (QED) is 0.860. The first-order valence-corrected chi connectivity index (χ1v) is 7.20. The summed E-state index contributed by atoms with van der Waals surface area (Å²) in [7, 11) is 0. The topological polar surface area (TPSA) is 52.8 Å². The number of benzene rings is 1. The summed E-state index contributed by atoms with van der Waals surface area (Å²) >= 11 is 0. The van der Waals surface area contributed by atoms with Gasteiger partial charge in [0, 0.05) is 24.7 Å². The van der Waals surface area contributed by atoms with Crippen molar-refractivity contribution in [3.05, 3.63) is 41.1 Å². The van der Waals surface area contributed by atoms with Crippen LogP contribution in [0, 0.1) is 25.2 Å². The monoisotopic (exact) mass is 280 g/mol. The van der Waals surface area contributed by atoms with Crippen LogP contribution in [0.25, 0.3) is 11.3 Å². The van der Waals surface area contributed by atoms with Gasteiger partial charge in [-0.25, -0.2) is 9.97 Å². The van der Waals surface area contributed by atoms with E-state index in [0.29, 0.717) is 11.6 Å². The Morgan fingerprint density at radius 1 is 1.10 bits per heavy atom. The number of nitrogens with zero attached hydrogens (tertiary/aromatic N) is 4. The molecule has 0 radical (unpaired) electrons. The van der Waals surface area contributed by atoms with E-state index in [1.54, 1.807) is 6.07 Å². The van der Waals surface area contributed by atoms with E-state index in [2.05, 4.69) is 66.8 Å². The number of aryl methyl sites for hydroxylation is 2. The third-order valence-electron chi connectivity index (χ3n) is 3.54. The Balaban J connectivity index is 2.61. The number of nitriles is 1. The highest BCUT2D eigenvalue weighted by atomic mass is 15.2. The lowest BCUT2D eigenvalue weighted by atomic mass is 10.0. The van der Waals surface area contributed by atoms with E-state index in [0.717, 1.165) is 29.9 Å². The molecule has 0 fully saturated rings. The van der Waals surface area contributed by atoms with Crippen molar-refractivity contribution >= 4 is 5.95 Å². The van der Waals surface area contributed by atoms with E-state index < -0.39 is 0 Å². The van der Waals surface area contributed by atoms with Gasteiger partial charge in [0.1, 0.15) is 11.8 Å². The highest BCUT2D eigenvalue weighted by Crippen LogP contribution is 2.25. The number of anilines is 1. The molecule has 0 aliphatic carbocycles. The average Bonchev–Trinajstić information content (AvgIpc) is 2.50. The van der Waals surface area contributed by atoms with Gasteiger partial charge in [-0.05, 0) is 39.3 Å². The SMILES string of the molecule is CCN(CC)c1nc(C#N)cc(-c2cc(C)ccc2C)n1. The normalized spacial score (nSPS) is 10.2.